The maximum absolute atomic E-state index is 12.9. The van der Waals surface area contributed by atoms with Gasteiger partial charge in [0.15, 0.2) is 11.2 Å². The first-order chi connectivity index (χ1) is 12.2. The van der Waals surface area contributed by atoms with Crippen LogP contribution in [0.4, 0.5) is 0 Å². The Hall–Kier alpha value is -3.41. The molecule has 0 unspecified atom stereocenters. The third-order valence-electron chi connectivity index (χ3n) is 4.35. The van der Waals surface area contributed by atoms with Gasteiger partial charge in [-0.05, 0) is 19.8 Å². The highest BCUT2D eigenvalue weighted by Crippen LogP contribution is 2.27. The van der Waals surface area contributed by atoms with Crippen LogP contribution < -0.4 is 5.56 Å². The molecule has 3 aromatic heterocycles. The molecule has 3 heterocycles. The van der Waals surface area contributed by atoms with Gasteiger partial charge in [-0.15, -0.1) is 0 Å². The first-order valence-electron chi connectivity index (χ1n) is 8.01. The summed E-state index contributed by atoms with van der Waals surface area (Å²) in [5, 5.41) is 25.5. The number of H-pyrrole nitrogens is 1. The van der Waals surface area contributed by atoms with Crippen LogP contribution in [-0.4, -0.2) is 35.5 Å². The number of carboxylic acids is 1. The number of fused-ring (bicyclic) bond motifs is 1. The topological polar surface area (TPSA) is 129 Å². The van der Waals surface area contributed by atoms with E-state index in [2.05, 4.69) is 15.2 Å². The number of aliphatic carboxylic acids is 1. The Bertz CT molecular complexity index is 1110. The number of nitriles is 1. The quantitative estimate of drug-likeness (QED) is 0.733. The standard InChI is InChI=1S/C17H18N6O3/c1-9(2)12-13(11-7-19-22(8-11)17(3,4)16(25)26)21-14-10(5-18)6-20-23(14)15(12)24/h6-9,20H,1-4H3,(H,25,26). The van der Waals surface area contributed by atoms with Crippen molar-refractivity contribution in [1.29, 1.82) is 5.26 Å². The average molecular weight is 354 g/mol. The summed E-state index contributed by atoms with van der Waals surface area (Å²) in [6, 6.07) is 2.00. The lowest BCUT2D eigenvalue weighted by Crippen LogP contribution is -2.35. The van der Waals surface area contributed by atoms with Crippen LogP contribution in [0.15, 0.2) is 23.4 Å². The van der Waals surface area contributed by atoms with Gasteiger partial charge in [0.05, 0.1) is 11.9 Å². The lowest BCUT2D eigenvalue weighted by atomic mass is 10.00. The molecule has 0 fully saturated rings. The lowest BCUT2D eigenvalue weighted by molar-refractivity contribution is -0.146. The Morgan fingerprint density at radius 3 is 2.69 bits per heavy atom. The number of aromatic nitrogens is 5. The summed E-state index contributed by atoms with van der Waals surface area (Å²) in [4.78, 5) is 28.8. The van der Waals surface area contributed by atoms with Crippen LogP contribution in [-0.2, 0) is 10.3 Å². The van der Waals surface area contributed by atoms with Crippen LogP contribution in [0.1, 0.15) is 44.7 Å². The van der Waals surface area contributed by atoms with E-state index in [1.165, 1.54) is 35.4 Å². The molecule has 9 nitrogen and oxygen atoms in total. The summed E-state index contributed by atoms with van der Waals surface area (Å²) in [7, 11) is 0. The molecule has 0 aliphatic rings. The zero-order chi connectivity index (χ0) is 19.2. The van der Waals surface area contributed by atoms with Crippen LogP contribution in [0, 0.1) is 11.3 Å². The lowest BCUT2D eigenvalue weighted by Gasteiger charge is -2.19. The Morgan fingerprint density at radius 2 is 2.12 bits per heavy atom. The monoisotopic (exact) mass is 354 g/mol. The smallest absolute Gasteiger partial charge is 0.331 e. The Balaban J connectivity index is 2.30. The van der Waals surface area contributed by atoms with Crippen molar-refractivity contribution in [1.82, 2.24) is 24.4 Å². The normalized spacial score (nSPS) is 11.8. The second-order valence-corrected chi connectivity index (χ2v) is 6.83. The van der Waals surface area contributed by atoms with Crippen molar-refractivity contribution in [3.8, 4) is 17.3 Å². The van der Waals surface area contributed by atoms with Gasteiger partial charge < -0.3 is 5.11 Å². The average Bonchev–Trinajstić information content (AvgIpc) is 3.21. The molecule has 0 saturated carbocycles. The van der Waals surface area contributed by atoms with Crippen LogP contribution in [0.3, 0.4) is 0 Å². The number of nitrogens with zero attached hydrogens (tertiary/aromatic N) is 5. The minimum atomic E-state index is -1.25. The van der Waals surface area contributed by atoms with E-state index in [0.29, 0.717) is 16.8 Å². The minimum Gasteiger partial charge on any atom is -0.479 e. The molecule has 0 radical (unpaired) electrons. The molecule has 0 spiro atoms. The molecular weight excluding hydrogens is 336 g/mol. The van der Waals surface area contributed by atoms with Crippen molar-refractivity contribution < 1.29 is 9.90 Å². The van der Waals surface area contributed by atoms with Crippen molar-refractivity contribution in [2.45, 2.75) is 39.2 Å². The van der Waals surface area contributed by atoms with Gasteiger partial charge in [0.25, 0.3) is 5.56 Å². The van der Waals surface area contributed by atoms with E-state index in [9.17, 15) is 20.0 Å². The summed E-state index contributed by atoms with van der Waals surface area (Å²) in [6.45, 7) is 6.80. The van der Waals surface area contributed by atoms with Crippen molar-refractivity contribution in [2.75, 3.05) is 0 Å². The number of carboxylic acid groups (broad SMARTS) is 1. The van der Waals surface area contributed by atoms with Gasteiger partial charge in [-0.1, -0.05) is 13.8 Å². The minimum absolute atomic E-state index is 0.133. The highest BCUT2D eigenvalue weighted by Gasteiger charge is 2.31. The van der Waals surface area contributed by atoms with E-state index >= 15 is 0 Å². The molecule has 0 amide bonds. The summed E-state index contributed by atoms with van der Waals surface area (Å²) in [6.07, 6.45) is 4.46. The molecule has 0 bridgehead atoms. The van der Waals surface area contributed by atoms with Crippen molar-refractivity contribution >= 4 is 11.6 Å². The number of hydrogen-bond donors (Lipinski definition) is 2. The zero-order valence-electron chi connectivity index (χ0n) is 14.8. The van der Waals surface area contributed by atoms with Gasteiger partial charge in [-0.25, -0.2) is 14.3 Å². The summed E-state index contributed by atoms with van der Waals surface area (Å²) < 4.78 is 2.56. The van der Waals surface area contributed by atoms with Gasteiger partial charge >= 0.3 is 5.97 Å². The first kappa shape index (κ1) is 17.4. The van der Waals surface area contributed by atoms with E-state index in [4.69, 9.17) is 0 Å². The van der Waals surface area contributed by atoms with E-state index in [0.717, 1.165) is 0 Å². The maximum atomic E-state index is 12.9. The second-order valence-electron chi connectivity index (χ2n) is 6.83. The molecule has 3 rings (SSSR count). The molecule has 3 aromatic rings. The van der Waals surface area contributed by atoms with Crippen LogP contribution in [0.5, 0.6) is 0 Å². The van der Waals surface area contributed by atoms with Crippen molar-refractivity contribution in [3.05, 3.63) is 40.1 Å². The molecule has 26 heavy (non-hydrogen) atoms. The number of aromatic amines is 1. The van der Waals surface area contributed by atoms with E-state index < -0.39 is 11.5 Å². The molecule has 0 aromatic carbocycles. The van der Waals surface area contributed by atoms with E-state index in [1.807, 2.05) is 19.9 Å². The molecule has 0 atom stereocenters. The van der Waals surface area contributed by atoms with Gasteiger partial charge in [-0.3, -0.25) is 14.6 Å². The number of nitrogens with one attached hydrogen (secondary N) is 1. The van der Waals surface area contributed by atoms with Crippen LogP contribution in [0.2, 0.25) is 0 Å². The highest BCUT2D eigenvalue weighted by molar-refractivity contribution is 5.76. The van der Waals surface area contributed by atoms with E-state index in [1.54, 1.807) is 6.20 Å². The number of rotatable bonds is 4. The molecule has 0 saturated heterocycles. The Labute approximate surface area is 148 Å². The Morgan fingerprint density at radius 1 is 1.42 bits per heavy atom. The number of hydrogen-bond acceptors (Lipinski definition) is 5. The zero-order valence-corrected chi connectivity index (χ0v) is 14.8. The molecule has 0 aliphatic heterocycles. The van der Waals surface area contributed by atoms with Gasteiger partial charge in [0.1, 0.15) is 11.6 Å². The second kappa shape index (κ2) is 5.84. The maximum Gasteiger partial charge on any atom is 0.331 e. The number of carbonyl (C=O) groups is 1. The predicted octanol–water partition coefficient (Wildman–Crippen LogP) is 1.70. The molecule has 2 N–H and O–H groups in total. The molecule has 9 heteroatoms. The first-order valence-corrected chi connectivity index (χ1v) is 8.01. The SMILES string of the molecule is CC(C)c1c(-c2cnn(C(C)(C)C(=O)O)c2)nc2c(C#N)c[nH]n2c1=O. The van der Waals surface area contributed by atoms with Crippen molar-refractivity contribution in [3.63, 3.8) is 0 Å². The summed E-state index contributed by atoms with van der Waals surface area (Å²) in [5.41, 5.74) is 0.301. The highest BCUT2D eigenvalue weighted by atomic mass is 16.4. The largest absolute Gasteiger partial charge is 0.479 e. The van der Waals surface area contributed by atoms with Crippen LogP contribution in [0.25, 0.3) is 16.9 Å². The fraction of sp³-hybridized carbons (Fsp3) is 0.353. The van der Waals surface area contributed by atoms with Gasteiger partial charge in [-0.2, -0.15) is 10.4 Å². The molecule has 134 valence electrons. The predicted molar refractivity (Wildman–Crippen MR) is 92.8 cm³/mol. The molecule has 0 aliphatic carbocycles. The van der Waals surface area contributed by atoms with Gasteiger partial charge in [0, 0.05) is 23.5 Å². The molecular formula is C17H18N6O3. The summed E-state index contributed by atoms with van der Waals surface area (Å²) in [5.74, 6) is -1.16. The van der Waals surface area contributed by atoms with E-state index in [-0.39, 0.29) is 22.7 Å². The van der Waals surface area contributed by atoms with Crippen LogP contribution >= 0.6 is 0 Å². The van der Waals surface area contributed by atoms with Crippen molar-refractivity contribution in [2.24, 2.45) is 0 Å². The third kappa shape index (κ3) is 2.47. The summed E-state index contributed by atoms with van der Waals surface area (Å²) >= 11 is 0. The Kier molecular flexibility index (Phi) is 3.91. The fourth-order valence-corrected chi connectivity index (χ4v) is 2.70. The third-order valence-corrected chi connectivity index (χ3v) is 4.35. The fourth-order valence-electron chi connectivity index (χ4n) is 2.70. The van der Waals surface area contributed by atoms with Gasteiger partial charge in [0.2, 0.25) is 0 Å².